The average Bonchev–Trinajstić information content (AvgIpc) is 2.59. The number of imidazole rings is 1. The maximum absolute atomic E-state index is 5.59. The molecule has 0 radical (unpaired) electrons. The minimum atomic E-state index is 0.616. The molecule has 1 aromatic heterocycles. The SMILES string of the molecule is Cc1ccccc1-c1nc(CCN)n(C)c1Br. The van der Waals surface area contributed by atoms with Crippen molar-refractivity contribution >= 4 is 15.9 Å². The molecule has 0 aliphatic heterocycles. The first-order valence-electron chi connectivity index (χ1n) is 5.62. The molecule has 2 rings (SSSR count). The van der Waals surface area contributed by atoms with Gasteiger partial charge in [-0.15, -0.1) is 0 Å². The Balaban J connectivity index is 2.53. The van der Waals surface area contributed by atoms with Crippen LogP contribution in [0, 0.1) is 6.92 Å². The van der Waals surface area contributed by atoms with Gasteiger partial charge in [0.25, 0.3) is 0 Å². The van der Waals surface area contributed by atoms with E-state index in [2.05, 4.69) is 44.5 Å². The molecular weight excluding hydrogens is 278 g/mol. The first-order valence-corrected chi connectivity index (χ1v) is 6.41. The quantitative estimate of drug-likeness (QED) is 0.945. The minimum Gasteiger partial charge on any atom is -0.330 e. The van der Waals surface area contributed by atoms with Crippen molar-refractivity contribution < 1.29 is 0 Å². The maximum Gasteiger partial charge on any atom is 0.112 e. The summed E-state index contributed by atoms with van der Waals surface area (Å²) in [6.45, 7) is 2.71. The molecule has 2 aromatic rings. The number of rotatable bonds is 3. The second kappa shape index (κ2) is 5.02. The highest BCUT2D eigenvalue weighted by Crippen LogP contribution is 2.30. The Morgan fingerprint density at radius 3 is 2.71 bits per heavy atom. The molecule has 0 aliphatic carbocycles. The Hall–Kier alpha value is -1.13. The second-order valence-electron chi connectivity index (χ2n) is 4.08. The molecule has 1 aromatic carbocycles. The van der Waals surface area contributed by atoms with Crippen LogP contribution < -0.4 is 5.73 Å². The molecule has 0 atom stereocenters. The van der Waals surface area contributed by atoms with Crippen LogP contribution in [0.5, 0.6) is 0 Å². The van der Waals surface area contributed by atoms with Crippen LogP contribution in [-0.2, 0) is 13.5 Å². The fraction of sp³-hybridized carbons (Fsp3) is 0.308. The summed E-state index contributed by atoms with van der Waals surface area (Å²) in [6.07, 6.45) is 0.793. The summed E-state index contributed by atoms with van der Waals surface area (Å²) in [7, 11) is 2.00. The number of hydrogen-bond acceptors (Lipinski definition) is 2. The summed E-state index contributed by atoms with van der Waals surface area (Å²) in [5, 5.41) is 0. The van der Waals surface area contributed by atoms with Gasteiger partial charge < -0.3 is 10.3 Å². The summed E-state index contributed by atoms with van der Waals surface area (Å²) < 4.78 is 3.06. The smallest absolute Gasteiger partial charge is 0.112 e. The molecule has 4 heteroatoms. The van der Waals surface area contributed by atoms with Gasteiger partial charge in [-0.05, 0) is 35.0 Å². The highest BCUT2D eigenvalue weighted by molar-refractivity contribution is 9.10. The van der Waals surface area contributed by atoms with Crippen molar-refractivity contribution in [1.29, 1.82) is 0 Å². The van der Waals surface area contributed by atoms with E-state index >= 15 is 0 Å². The van der Waals surface area contributed by atoms with Gasteiger partial charge in [-0.2, -0.15) is 0 Å². The Bertz CT molecular complexity index is 531. The van der Waals surface area contributed by atoms with Crippen LogP contribution in [-0.4, -0.2) is 16.1 Å². The predicted molar refractivity (Wildman–Crippen MR) is 73.8 cm³/mol. The number of benzene rings is 1. The molecule has 0 fully saturated rings. The van der Waals surface area contributed by atoms with E-state index in [1.54, 1.807) is 0 Å². The molecule has 0 unspecified atom stereocenters. The number of nitrogens with two attached hydrogens (primary N) is 1. The Labute approximate surface area is 110 Å². The van der Waals surface area contributed by atoms with Crippen LogP contribution in [0.15, 0.2) is 28.9 Å². The van der Waals surface area contributed by atoms with Gasteiger partial charge in [0.1, 0.15) is 16.1 Å². The summed E-state index contributed by atoms with van der Waals surface area (Å²) >= 11 is 3.60. The molecule has 0 amide bonds. The van der Waals surface area contributed by atoms with Crippen LogP contribution in [0.3, 0.4) is 0 Å². The van der Waals surface area contributed by atoms with Crippen molar-refractivity contribution in [2.75, 3.05) is 6.54 Å². The molecular formula is C13H16BrN3. The molecule has 3 nitrogen and oxygen atoms in total. The molecule has 1 heterocycles. The third kappa shape index (κ3) is 2.28. The lowest BCUT2D eigenvalue weighted by atomic mass is 10.1. The highest BCUT2D eigenvalue weighted by atomic mass is 79.9. The zero-order chi connectivity index (χ0) is 12.4. The first-order chi connectivity index (χ1) is 8.15. The second-order valence-corrected chi connectivity index (χ2v) is 4.83. The maximum atomic E-state index is 5.59. The standard InChI is InChI=1S/C13H16BrN3/c1-9-5-3-4-6-10(9)12-13(14)17(2)11(16-12)7-8-15/h3-6H,7-8,15H2,1-2H3. The van der Waals surface area contributed by atoms with E-state index in [0.29, 0.717) is 6.54 Å². The minimum absolute atomic E-state index is 0.616. The molecule has 90 valence electrons. The van der Waals surface area contributed by atoms with Gasteiger partial charge >= 0.3 is 0 Å². The molecule has 2 N–H and O–H groups in total. The van der Waals surface area contributed by atoms with Crippen molar-refractivity contribution in [3.8, 4) is 11.3 Å². The Morgan fingerprint density at radius 1 is 1.35 bits per heavy atom. The van der Waals surface area contributed by atoms with Crippen LogP contribution in [0.25, 0.3) is 11.3 Å². The zero-order valence-electron chi connectivity index (χ0n) is 10.1. The summed E-state index contributed by atoms with van der Waals surface area (Å²) in [4.78, 5) is 4.67. The van der Waals surface area contributed by atoms with Crippen molar-refractivity contribution in [3.63, 3.8) is 0 Å². The number of aromatic nitrogens is 2. The van der Waals surface area contributed by atoms with E-state index in [-0.39, 0.29) is 0 Å². The molecule has 17 heavy (non-hydrogen) atoms. The summed E-state index contributed by atoms with van der Waals surface area (Å²) in [6, 6.07) is 8.26. The first kappa shape index (κ1) is 12.3. The Kier molecular flexibility index (Phi) is 3.64. The van der Waals surface area contributed by atoms with Gasteiger partial charge in [-0.1, -0.05) is 24.3 Å². The molecule has 0 aliphatic rings. The fourth-order valence-electron chi connectivity index (χ4n) is 1.88. The molecule has 0 saturated heterocycles. The van der Waals surface area contributed by atoms with E-state index in [9.17, 15) is 0 Å². The number of halogens is 1. The highest BCUT2D eigenvalue weighted by Gasteiger charge is 2.14. The van der Waals surface area contributed by atoms with Crippen LogP contribution in [0.1, 0.15) is 11.4 Å². The summed E-state index contributed by atoms with van der Waals surface area (Å²) in [5.41, 5.74) is 8.98. The number of nitrogens with zero attached hydrogens (tertiary/aromatic N) is 2. The monoisotopic (exact) mass is 293 g/mol. The van der Waals surface area contributed by atoms with Crippen LogP contribution in [0.4, 0.5) is 0 Å². The topological polar surface area (TPSA) is 43.8 Å². The third-order valence-corrected chi connectivity index (χ3v) is 3.79. The van der Waals surface area contributed by atoms with Gasteiger partial charge in [0.2, 0.25) is 0 Å². The number of hydrogen-bond donors (Lipinski definition) is 1. The molecule has 0 saturated carbocycles. The lowest BCUT2D eigenvalue weighted by molar-refractivity contribution is 0.767. The predicted octanol–water partition coefficient (Wildman–Crippen LogP) is 2.66. The number of aryl methyl sites for hydroxylation is 1. The largest absolute Gasteiger partial charge is 0.330 e. The van der Waals surface area contributed by atoms with E-state index < -0.39 is 0 Å². The van der Waals surface area contributed by atoms with Gasteiger partial charge in [0, 0.05) is 19.0 Å². The molecule has 0 bridgehead atoms. The average molecular weight is 294 g/mol. The van der Waals surface area contributed by atoms with E-state index in [1.807, 2.05) is 19.2 Å². The van der Waals surface area contributed by atoms with Crippen LogP contribution in [0.2, 0.25) is 0 Å². The lowest BCUT2D eigenvalue weighted by Gasteiger charge is -2.02. The van der Waals surface area contributed by atoms with Crippen molar-refractivity contribution in [1.82, 2.24) is 9.55 Å². The van der Waals surface area contributed by atoms with Gasteiger partial charge in [0.05, 0.1) is 0 Å². The lowest BCUT2D eigenvalue weighted by Crippen LogP contribution is -2.07. The van der Waals surface area contributed by atoms with Crippen molar-refractivity contribution in [3.05, 3.63) is 40.3 Å². The molecule has 0 spiro atoms. The van der Waals surface area contributed by atoms with Gasteiger partial charge in [-0.3, -0.25) is 0 Å². The van der Waals surface area contributed by atoms with Gasteiger partial charge in [-0.25, -0.2) is 4.98 Å². The Morgan fingerprint density at radius 2 is 2.06 bits per heavy atom. The zero-order valence-corrected chi connectivity index (χ0v) is 11.7. The fourth-order valence-corrected chi connectivity index (χ4v) is 2.39. The third-order valence-electron chi connectivity index (χ3n) is 2.89. The summed E-state index contributed by atoms with van der Waals surface area (Å²) in [5.74, 6) is 1.01. The normalized spacial score (nSPS) is 10.8. The van der Waals surface area contributed by atoms with Gasteiger partial charge in [0.15, 0.2) is 0 Å². The van der Waals surface area contributed by atoms with Crippen molar-refractivity contribution in [2.24, 2.45) is 12.8 Å². The van der Waals surface area contributed by atoms with E-state index in [4.69, 9.17) is 5.73 Å². The van der Waals surface area contributed by atoms with Crippen molar-refractivity contribution in [2.45, 2.75) is 13.3 Å². The van der Waals surface area contributed by atoms with E-state index in [0.717, 1.165) is 22.5 Å². The van der Waals surface area contributed by atoms with Crippen LogP contribution >= 0.6 is 15.9 Å². The van der Waals surface area contributed by atoms with E-state index in [1.165, 1.54) is 11.1 Å².